The van der Waals surface area contributed by atoms with Crippen LogP contribution in [0.1, 0.15) is 5.56 Å². The molecule has 0 bridgehead atoms. The van der Waals surface area contributed by atoms with Gasteiger partial charge in [0.25, 0.3) is 0 Å². The summed E-state index contributed by atoms with van der Waals surface area (Å²) >= 11 is 3.08. The fourth-order valence-electron chi connectivity index (χ4n) is 2.83. The largest absolute Gasteiger partial charge is 0.370 e. The lowest BCUT2D eigenvalue weighted by Gasteiger charge is -2.09. The molecular weight excluding hydrogens is 416 g/mol. The fraction of sp³-hybridized carbons (Fsp3) is 0.105. The highest BCUT2D eigenvalue weighted by Crippen LogP contribution is 2.23. The topological polar surface area (TPSA) is 66.5 Å². The average molecular weight is 430 g/mol. The minimum Gasteiger partial charge on any atom is -0.370 e. The van der Waals surface area contributed by atoms with Crippen molar-refractivity contribution in [2.24, 2.45) is 0 Å². The number of benzene rings is 2. The molecule has 0 unspecified atom stereocenters. The van der Waals surface area contributed by atoms with Crippen LogP contribution in [0.4, 0.5) is 14.6 Å². The van der Waals surface area contributed by atoms with E-state index in [4.69, 9.17) is 0 Å². The molecule has 0 fully saturated rings. The second-order valence-corrected chi connectivity index (χ2v) is 6.86. The summed E-state index contributed by atoms with van der Waals surface area (Å²) in [6.45, 7) is 0.339. The maximum Gasteiger partial charge on any atom is 0.130 e. The lowest BCUT2D eigenvalue weighted by Crippen LogP contribution is -2.09. The second-order valence-electron chi connectivity index (χ2n) is 5.95. The van der Waals surface area contributed by atoms with E-state index in [1.165, 1.54) is 18.5 Å². The van der Waals surface area contributed by atoms with Crippen LogP contribution in [0.5, 0.6) is 0 Å². The maximum absolute atomic E-state index is 13.9. The Labute approximate surface area is 162 Å². The summed E-state index contributed by atoms with van der Waals surface area (Å²) in [4.78, 5) is 15.7. The molecule has 0 spiro atoms. The number of nitrogens with one attached hydrogen (secondary N) is 2. The number of anilines is 1. The Balaban J connectivity index is 1.48. The van der Waals surface area contributed by atoms with Crippen LogP contribution in [0, 0.1) is 11.6 Å². The first-order chi connectivity index (χ1) is 13.1. The number of fused-ring (bicyclic) bond motifs is 1. The van der Waals surface area contributed by atoms with E-state index in [1.807, 2.05) is 18.2 Å². The fourth-order valence-corrected chi connectivity index (χ4v) is 3.24. The van der Waals surface area contributed by atoms with Crippen molar-refractivity contribution < 1.29 is 8.78 Å². The Kier molecular flexibility index (Phi) is 4.81. The molecule has 2 aromatic carbocycles. The first kappa shape index (κ1) is 17.5. The third-order valence-electron chi connectivity index (χ3n) is 4.17. The van der Waals surface area contributed by atoms with E-state index in [0.717, 1.165) is 22.3 Å². The first-order valence-corrected chi connectivity index (χ1v) is 9.02. The Morgan fingerprint density at radius 3 is 2.63 bits per heavy atom. The Hall–Kier alpha value is -2.87. The monoisotopic (exact) mass is 429 g/mol. The number of imidazole rings is 1. The Morgan fingerprint density at radius 1 is 1.00 bits per heavy atom. The smallest absolute Gasteiger partial charge is 0.130 e. The standard InChI is InChI=1S/C19H14BrF2N5/c20-12-6-14(21)13(15(22)7-12)3-4-23-19-8-17(25-10-27-19)11-1-2-16-18(5-11)26-9-24-16/h1-2,5-10H,3-4H2,(H,24,26)(H,23,25,27). The summed E-state index contributed by atoms with van der Waals surface area (Å²) in [5.74, 6) is -0.553. The van der Waals surface area contributed by atoms with Gasteiger partial charge in [-0.2, -0.15) is 0 Å². The number of rotatable bonds is 5. The van der Waals surface area contributed by atoms with E-state index in [1.54, 1.807) is 12.4 Å². The average Bonchev–Trinajstić information content (AvgIpc) is 3.12. The molecule has 2 N–H and O–H groups in total. The summed E-state index contributed by atoms with van der Waals surface area (Å²) in [6, 6.07) is 10.1. The highest BCUT2D eigenvalue weighted by atomic mass is 79.9. The van der Waals surface area contributed by atoms with Gasteiger partial charge in [-0.15, -0.1) is 0 Å². The van der Waals surface area contributed by atoms with Crippen molar-refractivity contribution in [3.05, 3.63) is 70.7 Å². The molecule has 0 aliphatic rings. The molecule has 2 aromatic heterocycles. The van der Waals surface area contributed by atoms with Crippen molar-refractivity contribution in [1.82, 2.24) is 19.9 Å². The zero-order valence-electron chi connectivity index (χ0n) is 14.0. The van der Waals surface area contributed by atoms with Gasteiger partial charge in [0.15, 0.2) is 0 Å². The highest BCUT2D eigenvalue weighted by Gasteiger charge is 2.10. The molecule has 8 heteroatoms. The van der Waals surface area contributed by atoms with E-state index < -0.39 is 11.6 Å². The summed E-state index contributed by atoms with van der Waals surface area (Å²) in [6.07, 6.45) is 3.29. The summed E-state index contributed by atoms with van der Waals surface area (Å²) in [7, 11) is 0. The number of halogens is 3. The van der Waals surface area contributed by atoms with Crippen LogP contribution in [-0.4, -0.2) is 26.5 Å². The van der Waals surface area contributed by atoms with E-state index in [-0.39, 0.29) is 12.0 Å². The van der Waals surface area contributed by atoms with Crippen LogP contribution in [0.2, 0.25) is 0 Å². The Bertz CT molecular complexity index is 1090. The SMILES string of the molecule is Fc1cc(Br)cc(F)c1CCNc1cc(-c2ccc3nc[nH]c3c2)ncn1. The van der Waals surface area contributed by atoms with Gasteiger partial charge in [0, 0.05) is 28.2 Å². The zero-order valence-corrected chi connectivity index (χ0v) is 15.6. The number of aromatic nitrogens is 4. The van der Waals surface area contributed by atoms with E-state index in [9.17, 15) is 8.78 Å². The maximum atomic E-state index is 13.9. The lowest BCUT2D eigenvalue weighted by atomic mass is 10.1. The van der Waals surface area contributed by atoms with Crippen LogP contribution in [-0.2, 0) is 6.42 Å². The zero-order chi connectivity index (χ0) is 18.8. The molecule has 4 aromatic rings. The predicted octanol–water partition coefficient (Wildman–Crippen LogP) is 4.72. The van der Waals surface area contributed by atoms with Crippen LogP contribution in [0.15, 0.2) is 53.5 Å². The Morgan fingerprint density at radius 2 is 1.81 bits per heavy atom. The van der Waals surface area contributed by atoms with Crippen LogP contribution >= 0.6 is 15.9 Å². The molecule has 27 heavy (non-hydrogen) atoms. The summed E-state index contributed by atoms with van der Waals surface area (Å²) < 4.78 is 28.2. The van der Waals surface area contributed by atoms with Crippen LogP contribution in [0.3, 0.4) is 0 Å². The van der Waals surface area contributed by atoms with Crippen molar-refractivity contribution in [2.75, 3.05) is 11.9 Å². The van der Waals surface area contributed by atoms with Gasteiger partial charge in [-0.25, -0.2) is 23.7 Å². The quantitative estimate of drug-likeness (QED) is 0.481. The third-order valence-corrected chi connectivity index (χ3v) is 4.63. The normalized spacial score (nSPS) is 11.1. The summed E-state index contributed by atoms with van der Waals surface area (Å²) in [5, 5.41) is 3.09. The van der Waals surface area contributed by atoms with Gasteiger partial charge in [0.05, 0.1) is 23.1 Å². The van der Waals surface area contributed by atoms with Gasteiger partial charge >= 0.3 is 0 Å². The van der Waals surface area contributed by atoms with Crippen LogP contribution < -0.4 is 5.32 Å². The van der Waals surface area contributed by atoms with Gasteiger partial charge < -0.3 is 10.3 Å². The number of H-pyrrole nitrogens is 1. The molecular formula is C19H14BrF2N5. The molecule has 2 heterocycles. The van der Waals surface area contributed by atoms with E-state index in [0.29, 0.717) is 16.8 Å². The first-order valence-electron chi connectivity index (χ1n) is 8.23. The van der Waals surface area contributed by atoms with E-state index >= 15 is 0 Å². The second kappa shape index (κ2) is 7.40. The number of hydrogen-bond acceptors (Lipinski definition) is 4. The molecule has 0 aliphatic carbocycles. The molecule has 0 saturated heterocycles. The molecule has 4 rings (SSSR count). The van der Waals surface area contributed by atoms with Crippen molar-refractivity contribution in [1.29, 1.82) is 0 Å². The van der Waals surface area contributed by atoms with Crippen molar-refractivity contribution >= 4 is 32.8 Å². The minimum absolute atomic E-state index is 0.0460. The number of nitrogens with zero attached hydrogens (tertiary/aromatic N) is 3. The van der Waals surface area contributed by atoms with Gasteiger partial charge in [-0.05, 0) is 30.7 Å². The lowest BCUT2D eigenvalue weighted by molar-refractivity contribution is 0.555. The van der Waals surface area contributed by atoms with Gasteiger partial charge in [-0.1, -0.05) is 22.0 Å². The van der Waals surface area contributed by atoms with E-state index in [2.05, 4.69) is 41.2 Å². The molecule has 5 nitrogen and oxygen atoms in total. The van der Waals surface area contributed by atoms with Crippen LogP contribution in [0.25, 0.3) is 22.3 Å². The van der Waals surface area contributed by atoms with Crippen molar-refractivity contribution in [3.8, 4) is 11.3 Å². The van der Waals surface area contributed by atoms with Gasteiger partial charge in [-0.3, -0.25) is 0 Å². The van der Waals surface area contributed by atoms with Crippen molar-refractivity contribution in [3.63, 3.8) is 0 Å². The summed E-state index contributed by atoms with van der Waals surface area (Å²) in [5.41, 5.74) is 3.50. The van der Waals surface area contributed by atoms with Gasteiger partial charge in [0.2, 0.25) is 0 Å². The number of aromatic amines is 1. The molecule has 0 aliphatic heterocycles. The molecule has 0 saturated carbocycles. The number of hydrogen-bond donors (Lipinski definition) is 2. The van der Waals surface area contributed by atoms with Gasteiger partial charge in [0.1, 0.15) is 23.8 Å². The molecule has 0 amide bonds. The van der Waals surface area contributed by atoms with Crippen molar-refractivity contribution in [2.45, 2.75) is 6.42 Å². The molecule has 0 radical (unpaired) electrons. The third kappa shape index (κ3) is 3.80. The minimum atomic E-state index is -0.570. The molecule has 136 valence electrons. The highest BCUT2D eigenvalue weighted by molar-refractivity contribution is 9.10. The predicted molar refractivity (Wildman–Crippen MR) is 103 cm³/mol. The molecule has 0 atom stereocenters.